The minimum absolute atomic E-state index is 0.103. The third-order valence-electron chi connectivity index (χ3n) is 2.62. The number of hydrogen-bond acceptors (Lipinski definition) is 1. The lowest BCUT2D eigenvalue weighted by Gasteiger charge is -2.17. The number of rotatable bonds is 1. The predicted octanol–water partition coefficient (Wildman–Crippen LogP) is 2.71. The predicted molar refractivity (Wildman–Crippen MR) is 49.6 cm³/mol. The summed E-state index contributed by atoms with van der Waals surface area (Å²) < 4.78 is 18.5. The van der Waals surface area contributed by atoms with E-state index in [-0.39, 0.29) is 5.82 Å². The number of halogens is 1. The Morgan fingerprint density at radius 2 is 2.00 bits per heavy atom. The van der Waals surface area contributed by atoms with Gasteiger partial charge in [-0.2, -0.15) is 0 Å². The molecular weight excluding hydrogens is 167 g/mol. The Morgan fingerprint density at radius 3 is 2.77 bits per heavy atom. The molecule has 1 aliphatic carbocycles. The molecule has 2 rings (SSSR count). The van der Waals surface area contributed by atoms with Crippen LogP contribution < -0.4 is 4.74 Å². The van der Waals surface area contributed by atoms with Gasteiger partial charge in [0.1, 0.15) is 11.6 Å². The highest BCUT2D eigenvalue weighted by atomic mass is 19.1. The summed E-state index contributed by atoms with van der Waals surface area (Å²) in [4.78, 5) is 0. The summed E-state index contributed by atoms with van der Waals surface area (Å²) in [5.74, 6) is 0.534. The summed E-state index contributed by atoms with van der Waals surface area (Å²) >= 11 is 0. The van der Waals surface area contributed by atoms with E-state index in [0.29, 0.717) is 5.75 Å². The third-order valence-corrected chi connectivity index (χ3v) is 2.62. The van der Waals surface area contributed by atoms with Crippen molar-refractivity contribution in [3.05, 3.63) is 29.1 Å². The summed E-state index contributed by atoms with van der Waals surface area (Å²) in [5, 5.41) is 0. The molecule has 2 heteroatoms. The fourth-order valence-corrected chi connectivity index (χ4v) is 1.90. The van der Waals surface area contributed by atoms with Crippen LogP contribution in [0, 0.1) is 5.82 Å². The van der Waals surface area contributed by atoms with Gasteiger partial charge in [-0.1, -0.05) is 0 Å². The molecule has 0 saturated carbocycles. The standard InChI is InChI=1S/C11H13FO/c1-13-9-6-8-4-2-3-5-10(8)11(12)7-9/h6-7H,2-5H2,1H3. The van der Waals surface area contributed by atoms with Gasteiger partial charge in [0, 0.05) is 6.07 Å². The molecule has 1 aromatic carbocycles. The van der Waals surface area contributed by atoms with Crippen molar-refractivity contribution >= 4 is 0 Å². The zero-order valence-corrected chi connectivity index (χ0v) is 7.77. The van der Waals surface area contributed by atoms with Crippen molar-refractivity contribution in [1.82, 2.24) is 0 Å². The van der Waals surface area contributed by atoms with E-state index in [0.717, 1.165) is 30.4 Å². The first-order valence-electron chi connectivity index (χ1n) is 4.66. The molecule has 0 unspecified atom stereocenters. The van der Waals surface area contributed by atoms with Gasteiger partial charge >= 0.3 is 0 Å². The Bertz CT molecular complexity index is 320. The highest BCUT2D eigenvalue weighted by Gasteiger charge is 2.14. The molecule has 0 bridgehead atoms. The van der Waals surface area contributed by atoms with Crippen LogP contribution in [0.4, 0.5) is 4.39 Å². The van der Waals surface area contributed by atoms with Crippen LogP contribution in [0.1, 0.15) is 24.0 Å². The maximum absolute atomic E-state index is 13.4. The number of hydrogen-bond donors (Lipinski definition) is 0. The molecule has 1 aliphatic rings. The Labute approximate surface area is 77.5 Å². The molecule has 13 heavy (non-hydrogen) atoms. The van der Waals surface area contributed by atoms with E-state index < -0.39 is 0 Å². The molecule has 0 fully saturated rings. The number of ether oxygens (including phenoxy) is 1. The highest BCUT2D eigenvalue weighted by molar-refractivity contribution is 5.38. The first-order chi connectivity index (χ1) is 6.31. The van der Waals surface area contributed by atoms with Crippen LogP contribution in [0.15, 0.2) is 12.1 Å². The Hall–Kier alpha value is -1.05. The lowest BCUT2D eigenvalue weighted by Crippen LogP contribution is -2.05. The van der Waals surface area contributed by atoms with Gasteiger partial charge in [-0.15, -0.1) is 0 Å². The van der Waals surface area contributed by atoms with E-state index in [9.17, 15) is 4.39 Å². The van der Waals surface area contributed by atoms with Gasteiger partial charge in [-0.3, -0.25) is 0 Å². The van der Waals surface area contributed by atoms with Crippen molar-refractivity contribution < 1.29 is 9.13 Å². The largest absolute Gasteiger partial charge is 0.497 e. The zero-order valence-electron chi connectivity index (χ0n) is 7.77. The quantitative estimate of drug-likeness (QED) is 0.645. The first kappa shape index (κ1) is 8.54. The molecule has 0 heterocycles. The molecule has 70 valence electrons. The average Bonchev–Trinajstić information content (AvgIpc) is 2.18. The number of methoxy groups -OCH3 is 1. The van der Waals surface area contributed by atoms with E-state index in [1.54, 1.807) is 7.11 Å². The molecule has 0 spiro atoms. The van der Waals surface area contributed by atoms with Gasteiger partial charge in [-0.25, -0.2) is 4.39 Å². The van der Waals surface area contributed by atoms with Crippen LogP contribution in [0.2, 0.25) is 0 Å². The topological polar surface area (TPSA) is 9.23 Å². The second-order valence-corrected chi connectivity index (χ2v) is 3.45. The van der Waals surface area contributed by atoms with Crippen LogP contribution in [0.5, 0.6) is 5.75 Å². The van der Waals surface area contributed by atoms with E-state index in [1.807, 2.05) is 6.07 Å². The van der Waals surface area contributed by atoms with E-state index in [1.165, 1.54) is 12.5 Å². The van der Waals surface area contributed by atoms with Gasteiger partial charge in [-0.05, 0) is 42.9 Å². The van der Waals surface area contributed by atoms with Crippen LogP contribution in [-0.4, -0.2) is 7.11 Å². The number of fused-ring (bicyclic) bond motifs is 1. The summed E-state index contributed by atoms with van der Waals surface area (Å²) in [7, 11) is 1.57. The maximum atomic E-state index is 13.4. The second kappa shape index (κ2) is 3.36. The van der Waals surface area contributed by atoms with Gasteiger partial charge in [0.15, 0.2) is 0 Å². The van der Waals surface area contributed by atoms with Crippen LogP contribution in [0.25, 0.3) is 0 Å². The monoisotopic (exact) mass is 180 g/mol. The molecule has 0 amide bonds. The zero-order chi connectivity index (χ0) is 9.26. The second-order valence-electron chi connectivity index (χ2n) is 3.45. The van der Waals surface area contributed by atoms with Crippen molar-refractivity contribution in [2.24, 2.45) is 0 Å². The fourth-order valence-electron chi connectivity index (χ4n) is 1.90. The Kier molecular flexibility index (Phi) is 2.21. The van der Waals surface area contributed by atoms with Crippen LogP contribution >= 0.6 is 0 Å². The molecule has 0 radical (unpaired) electrons. The van der Waals surface area contributed by atoms with Crippen LogP contribution in [-0.2, 0) is 12.8 Å². The molecular formula is C11H13FO. The van der Waals surface area contributed by atoms with E-state index in [4.69, 9.17) is 4.74 Å². The van der Waals surface area contributed by atoms with E-state index >= 15 is 0 Å². The smallest absolute Gasteiger partial charge is 0.130 e. The molecule has 0 saturated heterocycles. The van der Waals surface area contributed by atoms with Crippen molar-refractivity contribution in [2.45, 2.75) is 25.7 Å². The summed E-state index contributed by atoms with van der Waals surface area (Å²) in [5.41, 5.74) is 2.02. The number of aryl methyl sites for hydroxylation is 1. The summed E-state index contributed by atoms with van der Waals surface area (Å²) in [6.07, 6.45) is 4.14. The molecule has 0 aliphatic heterocycles. The number of benzene rings is 1. The minimum atomic E-state index is -0.103. The maximum Gasteiger partial charge on any atom is 0.130 e. The first-order valence-corrected chi connectivity index (χ1v) is 4.66. The van der Waals surface area contributed by atoms with Gasteiger partial charge < -0.3 is 4.74 Å². The van der Waals surface area contributed by atoms with Crippen molar-refractivity contribution in [3.63, 3.8) is 0 Å². The van der Waals surface area contributed by atoms with Gasteiger partial charge in [0.05, 0.1) is 7.11 Å². The highest BCUT2D eigenvalue weighted by Crippen LogP contribution is 2.27. The molecule has 0 N–H and O–H groups in total. The lowest BCUT2D eigenvalue weighted by atomic mass is 9.91. The molecule has 1 nitrogen and oxygen atoms in total. The van der Waals surface area contributed by atoms with Gasteiger partial charge in [0.25, 0.3) is 0 Å². The van der Waals surface area contributed by atoms with Crippen LogP contribution in [0.3, 0.4) is 0 Å². The molecule has 0 atom stereocenters. The van der Waals surface area contributed by atoms with Gasteiger partial charge in [0.2, 0.25) is 0 Å². The van der Waals surface area contributed by atoms with Crippen molar-refractivity contribution in [2.75, 3.05) is 7.11 Å². The summed E-state index contributed by atoms with van der Waals surface area (Å²) in [6.45, 7) is 0. The molecule has 1 aromatic rings. The minimum Gasteiger partial charge on any atom is -0.497 e. The normalized spacial score (nSPS) is 15.2. The summed E-state index contributed by atoms with van der Waals surface area (Å²) in [6, 6.07) is 3.43. The Balaban J connectivity index is 2.47. The SMILES string of the molecule is COc1cc(F)c2c(c1)CCCC2. The molecule has 0 aromatic heterocycles. The third kappa shape index (κ3) is 1.53. The average molecular weight is 180 g/mol. The van der Waals surface area contributed by atoms with Crippen molar-refractivity contribution in [1.29, 1.82) is 0 Å². The Morgan fingerprint density at radius 1 is 1.23 bits per heavy atom. The fraction of sp³-hybridized carbons (Fsp3) is 0.455. The lowest BCUT2D eigenvalue weighted by molar-refractivity contribution is 0.409. The van der Waals surface area contributed by atoms with E-state index in [2.05, 4.69) is 0 Å². The van der Waals surface area contributed by atoms with Crippen molar-refractivity contribution in [3.8, 4) is 5.75 Å².